The fourth-order valence-corrected chi connectivity index (χ4v) is 2.12. The lowest BCUT2D eigenvalue weighted by atomic mass is 10.1. The Morgan fingerprint density at radius 3 is 2.95 bits per heavy atom. The van der Waals surface area contributed by atoms with Crippen molar-refractivity contribution in [1.82, 2.24) is 15.0 Å². The zero-order chi connectivity index (χ0) is 13.7. The standard InChI is InChI=1S/C14H18ClN3O/c1-11-5-6-14(19-2)12(8-11)9-18-10-13(16-17-18)4-3-7-15/h5-6,8,10H,3-4,7,9H2,1-2H3. The smallest absolute Gasteiger partial charge is 0.123 e. The second-order valence-electron chi connectivity index (χ2n) is 4.52. The van der Waals surface area contributed by atoms with Crippen LogP contribution in [-0.4, -0.2) is 28.0 Å². The lowest BCUT2D eigenvalue weighted by Crippen LogP contribution is -2.03. The first-order valence-corrected chi connectivity index (χ1v) is 6.85. The molecule has 0 saturated heterocycles. The number of rotatable bonds is 6. The topological polar surface area (TPSA) is 39.9 Å². The van der Waals surface area contributed by atoms with Crippen LogP contribution in [0.1, 0.15) is 23.2 Å². The summed E-state index contributed by atoms with van der Waals surface area (Å²) in [5.41, 5.74) is 3.29. The Morgan fingerprint density at radius 2 is 2.21 bits per heavy atom. The fraction of sp³-hybridized carbons (Fsp3) is 0.429. The van der Waals surface area contributed by atoms with Crippen molar-refractivity contribution in [3.05, 3.63) is 41.2 Å². The van der Waals surface area contributed by atoms with Gasteiger partial charge < -0.3 is 4.74 Å². The van der Waals surface area contributed by atoms with E-state index in [1.54, 1.807) is 7.11 Å². The van der Waals surface area contributed by atoms with E-state index in [-0.39, 0.29) is 0 Å². The molecule has 1 aromatic carbocycles. The Balaban J connectivity index is 2.12. The van der Waals surface area contributed by atoms with Crippen molar-refractivity contribution in [1.29, 1.82) is 0 Å². The SMILES string of the molecule is COc1ccc(C)cc1Cn1cc(CCCCl)nn1. The average molecular weight is 280 g/mol. The zero-order valence-electron chi connectivity index (χ0n) is 11.3. The van der Waals surface area contributed by atoms with Crippen LogP contribution < -0.4 is 4.74 Å². The molecule has 0 N–H and O–H groups in total. The van der Waals surface area contributed by atoms with Crippen molar-refractivity contribution >= 4 is 11.6 Å². The van der Waals surface area contributed by atoms with Crippen LogP contribution in [0.5, 0.6) is 5.75 Å². The summed E-state index contributed by atoms with van der Waals surface area (Å²) in [7, 11) is 1.68. The van der Waals surface area contributed by atoms with Crippen LogP contribution in [0.2, 0.25) is 0 Å². The predicted octanol–water partition coefficient (Wildman–Crippen LogP) is 2.81. The van der Waals surface area contributed by atoms with E-state index in [1.165, 1.54) is 5.56 Å². The Hall–Kier alpha value is -1.55. The van der Waals surface area contributed by atoms with Crippen LogP contribution in [0.15, 0.2) is 24.4 Å². The molecule has 2 rings (SSSR count). The molecule has 0 saturated carbocycles. The third-order valence-corrected chi connectivity index (χ3v) is 3.19. The molecule has 1 aromatic heterocycles. The minimum absolute atomic E-state index is 0.651. The van der Waals surface area contributed by atoms with Crippen LogP contribution in [0.4, 0.5) is 0 Å². The molecule has 19 heavy (non-hydrogen) atoms. The lowest BCUT2D eigenvalue weighted by molar-refractivity contribution is 0.407. The van der Waals surface area contributed by atoms with Gasteiger partial charge in [0.2, 0.25) is 0 Å². The van der Waals surface area contributed by atoms with Crippen LogP contribution >= 0.6 is 11.6 Å². The Morgan fingerprint density at radius 1 is 1.37 bits per heavy atom. The maximum atomic E-state index is 5.67. The highest BCUT2D eigenvalue weighted by atomic mass is 35.5. The highest BCUT2D eigenvalue weighted by molar-refractivity contribution is 6.17. The van der Waals surface area contributed by atoms with E-state index in [4.69, 9.17) is 16.3 Å². The summed E-state index contributed by atoms with van der Waals surface area (Å²) in [6, 6.07) is 6.13. The number of aryl methyl sites for hydroxylation is 2. The molecule has 2 aromatic rings. The number of hydrogen-bond donors (Lipinski definition) is 0. The molecule has 0 aliphatic rings. The molecule has 0 aliphatic heterocycles. The number of hydrogen-bond acceptors (Lipinski definition) is 3. The molecule has 102 valence electrons. The Bertz CT molecular complexity index is 539. The summed E-state index contributed by atoms with van der Waals surface area (Å²) in [6.45, 7) is 2.73. The van der Waals surface area contributed by atoms with Gasteiger partial charge in [0, 0.05) is 17.6 Å². The van der Waals surface area contributed by atoms with Gasteiger partial charge in [0.25, 0.3) is 0 Å². The van der Waals surface area contributed by atoms with Gasteiger partial charge in [-0.1, -0.05) is 22.9 Å². The minimum atomic E-state index is 0.651. The molecule has 0 aliphatic carbocycles. The summed E-state index contributed by atoms with van der Waals surface area (Å²) in [5, 5.41) is 8.28. The lowest BCUT2D eigenvalue weighted by Gasteiger charge is -2.09. The molecule has 0 unspecified atom stereocenters. The van der Waals surface area contributed by atoms with Gasteiger partial charge in [-0.15, -0.1) is 16.7 Å². The summed E-state index contributed by atoms with van der Waals surface area (Å²) in [5.74, 6) is 1.53. The normalized spacial score (nSPS) is 10.7. The molecule has 0 atom stereocenters. The monoisotopic (exact) mass is 279 g/mol. The molecule has 0 amide bonds. The molecule has 0 radical (unpaired) electrons. The number of ether oxygens (including phenoxy) is 1. The Labute approximate surface area is 118 Å². The van der Waals surface area contributed by atoms with Gasteiger partial charge in [-0.25, -0.2) is 4.68 Å². The van der Waals surface area contributed by atoms with E-state index >= 15 is 0 Å². The first kappa shape index (κ1) is 13.9. The number of methoxy groups -OCH3 is 1. The molecular formula is C14H18ClN3O. The molecular weight excluding hydrogens is 262 g/mol. The molecule has 4 nitrogen and oxygen atoms in total. The fourth-order valence-electron chi connectivity index (χ4n) is 1.98. The summed E-state index contributed by atoms with van der Waals surface area (Å²) in [6.07, 6.45) is 3.76. The van der Waals surface area contributed by atoms with Crippen LogP contribution in [0.25, 0.3) is 0 Å². The van der Waals surface area contributed by atoms with Gasteiger partial charge in [-0.05, 0) is 25.8 Å². The van der Waals surface area contributed by atoms with Crippen LogP contribution in [0, 0.1) is 6.92 Å². The second kappa shape index (κ2) is 6.57. The average Bonchev–Trinajstić information content (AvgIpc) is 2.84. The number of benzene rings is 1. The number of nitrogens with zero attached hydrogens (tertiary/aromatic N) is 3. The van der Waals surface area contributed by atoms with Crippen LogP contribution in [-0.2, 0) is 13.0 Å². The van der Waals surface area contributed by atoms with Crippen LogP contribution in [0.3, 0.4) is 0 Å². The quantitative estimate of drug-likeness (QED) is 0.764. The van der Waals surface area contributed by atoms with E-state index in [1.807, 2.05) is 23.0 Å². The number of halogens is 1. The molecule has 1 heterocycles. The van der Waals surface area contributed by atoms with Crippen molar-refractivity contribution in [2.45, 2.75) is 26.3 Å². The van der Waals surface area contributed by atoms with E-state index in [0.717, 1.165) is 29.8 Å². The van der Waals surface area contributed by atoms with Crippen molar-refractivity contribution in [3.63, 3.8) is 0 Å². The predicted molar refractivity (Wildman–Crippen MR) is 75.9 cm³/mol. The molecule has 5 heteroatoms. The van der Waals surface area contributed by atoms with Crippen molar-refractivity contribution in [2.24, 2.45) is 0 Å². The van der Waals surface area contributed by atoms with Gasteiger partial charge in [-0.3, -0.25) is 0 Å². The third-order valence-electron chi connectivity index (χ3n) is 2.92. The third kappa shape index (κ3) is 3.70. The number of aromatic nitrogens is 3. The molecule has 0 fully saturated rings. The first-order chi connectivity index (χ1) is 9.22. The first-order valence-electron chi connectivity index (χ1n) is 6.31. The second-order valence-corrected chi connectivity index (χ2v) is 4.89. The van der Waals surface area contributed by atoms with Gasteiger partial charge in [0.15, 0.2) is 0 Å². The summed E-state index contributed by atoms with van der Waals surface area (Å²) in [4.78, 5) is 0. The van der Waals surface area contributed by atoms with E-state index in [9.17, 15) is 0 Å². The van der Waals surface area contributed by atoms with E-state index in [0.29, 0.717) is 12.4 Å². The summed E-state index contributed by atoms with van der Waals surface area (Å²) >= 11 is 5.67. The Kier molecular flexibility index (Phi) is 4.80. The zero-order valence-corrected chi connectivity index (χ0v) is 12.0. The number of alkyl halides is 1. The maximum Gasteiger partial charge on any atom is 0.123 e. The van der Waals surface area contributed by atoms with E-state index < -0.39 is 0 Å². The largest absolute Gasteiger partial charge is 0.496 e. The van der Waals surface area contributed by atoms with Gasteiger partial charge in [0.05, 0.1) is 19.3 Å². The van der Waals surface area contributed by atoms with E-state index in [2.05, 4.69) is 23.3 Å². The molecule has 0 spiro atoms. The molecule has 0 bridgehead atoms. The van der Waals surface area contributed by atoms with Crippen molar-refractivity contribution < 1.29 is 4.74 Å². The van der Waals surface area contributed by atoms with Gasteiger partial charge in [0.1, 0.15) is 5.75 Å². The highest BCUT2D eigenvalue weighted by Gasteiger charge is 2.06. The maximum absolute atomic E-state index is 5.67. The summed E-state index contributed by atoms with van der Waals surface area (Å²) < 4.78 is 7.20. The van der Waals surface area contributed by atoms with Crippen molar-refractivity contribution in [2.75, 3.05) is 13.0 Å². The minimum Gasteiger partial charge on any atom is -0.496 e. The van der Waals surface area contributed by atoms with Gasteiger partial charge >= 0.3 is 0 Å². The highest BCUT2D eigenvalue weighted by Crippen LogP contribution is 2.20. The van der Waals surface area contributed by atoms with Crippen molar-refractivity contribution in [3.8, 4) is 5.75 Å². The van der Waals surface area contributed by atoms with Gasteiger partial charge in [-0.2, -0.15) is 0 Å².